The maximum Gasteiger partial charge on any atom is 0.338 e. The van der Waals surface area contributed by atoms with Crippen LogP contribution < -0.4 is 10.9 Å². The summed E-state index contributed by atoms with van der Waals surface area (Å²) in [5.41, 5.74) is 0.970. The Labute approximate surface area is 162 Å². The Kier molecular flexibility index (Phi) is 4.73. The Bertz CT molecular complexity index is 1190. The van der Waals surface area contributed by atoms with Gasteiger partial charge in [-0.1, -0.05) is 0 Å². The zero-order valence-electron chi connectivity index (χ0n) is 14.3. The Morgan fingerprint density at radius 1 is 1.21 bits per heavy atom. The first-order valence-electron chi connectivity index (χ1n) is 8.18. The van der Waals surface area contributed by atoms with Gasteiger partial charge in [0.25, 0.3) is 11.5 Å². The van der Waals surface area contributed by atoms with E-state index in [1.54, 1.807) is 35.8 Å². The van der Waals surface area contributed by atoms with Gasteiger partial charge in [-0.3, -0.25) is 14.0 Å². The zero-order chi connectivity index (χ0) is 19.5. The predicted molar refractivity (Wildman–Crippen MR) is 102 cm³/mol. The average molecular weight is 395 g/mol. The first-order valence-corrected chi connectivity index (χ1v) is 9.06. The van der Waals surface area contributed by atoms with E-state index in [-0.39, 0.29) is 23.8 Å². The van der Waals surface area contributed by atoms with Crippen molar-refractivity contribution in [1.29, 1.82) is 0 Å². The molecule has 0 saturated carbocycles. The molecule has 1 amide bonds. The van der Waals surface area contributed by atoms with E-state index in [1.165, 1.54) is 40.2 Å². The lowest BCUT2D eigenvalue weighted by Crippen LogP contribution is -2.15. The highest BCUT2D eigenvalue weighted by molar-refractivity contribution is 7.15. The number of carbonyl (C=O) groups is 2. The Hall–Kier alpha value is -3.72. The van der Waals surface area contributed by atoms with Crippen LogP contribution in [0.15, 0.2) is 69.5 Å². The number of nitrogens with zero attached hydrogens (tertiary/aromatic N) is 2. The topological polar surface area (TPSA) is 103 Å². The molecule has 3 aromatic heterocycles. The molecule has 4 rings (SSSR count). The molecular weight excluding hydrogens is 382 g/mol. The van der Waals surface area contributed by atoms with Crippen LogP contribution in [0.4, 0.5) is 5.69 Å². The first-order chi connectivity index (χ1) is 13.6. The van der Waals surface area contributed by atoms with Gasteiger partial charge in [-0.05, 0) is 36.4 Å². The second kappa shape index (κ2) is 7.49. The van der Waals surface area contributed by atoms with Gasteiger partial charge in [0.2, 0.25) is 0 Å². The fourth-order valence-electron chi connectivity index (χ4n) is 2.47. The number of thiazole rings is 1. The number of amides is 1. The van der Waals surface area contributed by atoms with Gasteiger partial charge in [0.05, 0.1) is 17.5 Å². The Morgan fingerprint density at radius 2 is 2.04 bits per heavy atom. The van der Waals surface area contributed by atoms with E-state index >= 15 is 0 Å². The number of esters is 1. The second-order valence-electron chi connectivity index (χ2n) is 5.73. The van der Waals surface area contributed by atoms with Crippen molar-refractivity contribution in [3.63, 3.8) is 0 Å². The number of anilines is 1. The minimum absolute atomic E-state index is 0.112. The van der Waals surface area contributed by atoms with Crippen molar-refractivity contribution < 1.29 is 18.7 Å². The van der Waals surface area contributed by atoms with Gasteiger partial charge in [-0.25, -0.2) is 9.78 Å². The number of hydrogen-bond acceptors (Lipinski definition) is 7. The minimum Gasteiger partial charge on any atom is -0.459 e. The van der Waals surface area contributed by atoms with Crippen LogP contribution in [0.3, 0.4) is 0 Å². The summed E-state index contributed by atoms with van der Waals surface area (Å²) in [6.07, 6.45) is 3.05. The molecule has 0 saturated heterocycles. The van der Waals surface area contributed by atoms with E-state index in [0.29, 0.717) is 21.9 Å². The van der Waals surface area contributed by atoms with Gasteiger partial charge in [-0.2, -0.15) is 0 Å². The number of benzene rings is 1. The summed E-state index contributed by atoms with van der Waals surface area (Å²) >= 11 is 1.32. The lowest BCUT2D eigenvalue weighted by Gasteiger charge is -2.06. The number of furan rings is 1. The number of carbonyl (C=O) groups excluding carboxylic acids is 2. The molecule has 28 heavy (non-hydrogen) atoms. The van der Waals surface area contributed by atoms with Gasteiger partial charge in [-0.15, -0.1) is 11.3 Å². The second-order valence-corrected chi connectivity index (χ2v) is 6.60. The normalized spacial score (nSPS) is 10.7. The van der Waals surface area contributed by atoms with Crippen molar-refractivity contribution in [2.75, 3.05) is 5.32 Å². The molecule has 8 nitrogen and oxygen atoms in total. The van der Waals surface area contributed by atoms with Gasteiger partial charge >= 0.3 is 5.97 Å². The van der Waals surface area contributed by atoms with Crippen LogP contribution >= 0.6 is 11.3 Å². The summed E-state index contributed by atoms with van der Waals surface area (Å²) < 4.78 is 11.7. The molecule has 0 aliphatic rings. The Morgan fingerprint density at radius 3 is 2.79 bits per heavy atom. The SMILES string of the molecule is O=C(OCc1cc(=O)n2ccsc2n1)c1ccc(NC(=O)c2ccco2)cc1. The van der Waals surface area contributed by atoms with Crippen LogP contribution in [-0.4, -0.2) is 21.3 Å². The van der Waals surface area contributed by atoms with Crippen LogP contribution in [0, 0.1) is 0 Å². The third kappa shape index (κ3) is 3.69. The number of aromatic nitrogens is 2. The maximum absolute atomic E-state index is 12.2. The van der Waals surface area contributed by atoms with Crippen molar-refractivity contribution in [3.8, 4) is 0 Å². The van der Waals surface area contributed by atoms with Gasteiger partial charge < -0.3 is 14.5 Å². The van der Waals surface area contributed by atoms with E-state index in [2.05, 4.69) is 10.3 Å². The number of fused-ring (bicyclic) bond motifs is 1. The number of hydrogen-bond donors (Lipinski definition) is 1. The fourth-order valence-corrected chi connectivity index (χ4v) is 3.21. The molecule has 0 fully saturated rings. The third-order valence-corrected chi connectivity index (χ3v) is 4.59. The summed E-state index contributed by atoms with van der Waals surface area (Å²) in [6.45, 7) is -0.112. The van der Waals surface area contributed by atoms with Crippen LogP contribution in [-0.2, 0) is 11.3 Å². The van der Waals surface area contributed by atoms with Crippen LogP contribution in [0.5, 0.6) is 0 Å². The lowest BCUT2D eigenvalue weighted by atomic mass is 10.2. The molecule has 1 aromatic carbocycles. The lowest BCUT2D eigenvalue weighted by molar-refractivity contribution is 0.0467. The molecule has 0 aliphatic heterocycles. The van der Waals surface area contributed by atoms with Crippen molar-refractivity contribution in [2.45, 2.75) is 6.61 Å². The molecule has 140 valence electrons. The van der Waals surface area contributed by atoms with Crippen molar-refractivity contribution >= 4 is 33.9 Å². The van der Waals surface area contributed by atoms with Crippen LogP contribution in [0.25, 0.3) is 4.96 Å². The fraction of sp³-hybridized carbons (Fsp3) is 0.0526. The largest absolute Gasteiger partial charge is 0.459 e. The molecule has 1 N–H and O–H groups in total. The molecule has 0 aliphatic carbocycles. The minimum atomic E-state index is -0.558. The standard InChI is InChI=1S/C19H13N3O5S/c23-16-10-14(21-19-22(16)7-9-28-19)11-27-18(25)12-3-5-13(6-4-12)20-17(24)15-2-1-8-26-15/h1-10H,11H2,(H,20,24). The van der Waals surface area contributed by atoms with Crippen molar-refractivity contribution in [1.82, 2.24) is 9.38 Å². The van der Waals surface area contributed by atoms with Gasteiger partial charge in [0.15, 0.2) is 10.7 Å². The van der Waals surface area contributed by atoms with Crippen molar-refractivity contribution in [2.24, 2.45) is 0 Å². The zero-order valence-corrected chi connectivity index (χ0v) is 15.1. The highest BCUT2D eigenvalue weighted by Gasteiger charge is 2.12. The molecule has 0 bridgehead atoms. The highest BCUT2D eigenvalue weighted by Crippen LogP contribution is 2.13. The predicted octanol–water partition coefficient (Wildman–Crippen LogP) is 2.96. The summed E-state index contributed by atoms with van der Waals surface area (Å²) in [5.74, 6) is -0.756. The molecule has 0 atom stereocenters. The van der Waals surface area contributed by atoms with Gasteiger partial charge in [0, 0.05) is 23.3 Å². The van der Waals surface area contributed by atoms with Gasteiger partial charge in [0.1, 0.15) is 6.61 Å². The number of ether oxygens (including phenoxy) is 1. The molecular formula is C19H13N3O5S. The summed E-state index contributed by atoms with van der Waals surface area (Å²) in [6, 6.07) is 10.7. The number of nitrogens with one attached hydrogen (secondary N) is 1. The molecule has 9 heteroatoms. The van der Waals surface area contributed by atoms with E-state index in [1.807, 2.05) is 0 Å². The summed E-state index contributed by atoms with van der Waals surface area (Å²) in [5, 5.41) is 4.41. The smallest absolute Gasteiger partial charge is 0.338 e. The van der Waals surface area contributed by atoms with E-state index in [0.717, 1.165) is 0 Å². The molecule has 4 aromatic rings. The quantitative estimate of drug-likeness (QED) is 0.521. The average Bonchev–Trinajstić information content (AvgIpc) is 3.39. The van der Waals surface area contributed by atoms with E-state index < -0.39 is 5.97 Å². The molecule has 0 spiro atoms. The van der Waals surface area contributed by atoms with Crippen molar-refractivity contribution in [3.05, 3.63) is 87.7 Å². The van der Waals surface area contributed by atoms with E-state index in [4.69, 9.17) is 9.15 Å². The number of rotatable bonds is 5. The van der Waals surface area contributed by atoms with E-state index in [9.17, 15) is 14.4 Å². The molecule has 0 unspecified atom stereocenters. The molecule has 3 heterocycles. The maximum atomic E-state index is 12.2. The third-order valence-electron chi connectivity index (χ3n) is 3.83. The summed E-state index contributed by atoms with van der Waals surface area (Å²) in [7, 11) is 0. The monoisotopic (exact) mass is 395 g/mol. The summed E-state index contributed by atoms with van der Waals surface area (Å²) in [4.78, 5) is 40.9. The van der Waals surface area contributed by atoms with Crippen LogP contribution in [0.2, 0.25) is 0 Å². The Balaban J connectivity index is 1.39. The first kappa shape index (κ1) is 17.7. The highest BCUT2D eigenvalue weighted by atomic mass is 32.1. The van der Waals surface area contributed by atoms with Crippen LogP contribution in [0.1, 0.15) is 26.6 Å². The molecule has 0 radical (unpaired) electrons.